The van der Waals surface area contributed by atoms with E-state index in [4.69, 9.17) is 9.47 Å². The standard InChI is InChI=1S/C36H41N3O7/c1-22-15-16-23(2)26(21-22)38-18-9-17-36-30(33(42)39(19-10-20-40)32(36)34(38)43)29-27(46-36)13-7-8-14-28(41)37-24(3)31(45-35(29)44)25-11-5-4-6-12-25/h4-7,9,11-13,15-17,21,24,27,29-32,40H,8,10,14,18-20H2,1-3H3,(H,37,41)/b13-7-/t24-,27-,29+,30+,31+,32-,36+/m0/s1. The number of carbonyl (C=O) groups excluding carboxylic acids is 4. The van der Waals surface area contributed by atoms with Crippen molar-refractivity contribution in [1.29, 1.82) is 0 Å². The number of carbonyl (C=O) groups is 4. The molecule has 4 heterocycles. The molecule has 242 valence electrons. The monoisotopic (exact) mass is 627 g/mol. The summed E-state index contributed by atoms with van der Waals surface area (Å²) in [6.45, 7) is 5.90. The molecule has 7 atom stereocenters. The van der Waals surface area contributed by atoms with Crippen LogP contribution in [0.25, 0.3) is 0 Å². The first-order valence-electron chi connectivity index (χ1n) is 16.0. The Hall–Kier alpha value is -4.28. The van der Waals surface area contributed by atoms with E-state index in [1.54, 1.807) is 30.1 Å². The van der Waals surface area contributed by atoms with Crippen LogP contribution in [0.5, 0.6) is 0 Å². The highest BCUT2D eigenvalue weighted by molar-refractivity contribution is 6.06. The lowest BCUT2D eigenvalue weighted by Gasteiger charge is -2.35. The number of allylic oxidation sites excluding steroid dienone is 1. The number of hydrogen-bond donors (Lipinski definition) is 2. The maximum Gasteiger partial charge on any atom is 0.313 e. The fourth-order valence-corrected chi connectivity index (χ4v) is 7.41. The molecule has 2 aromatic carbocycles. The second-order valence-corrected chi connectivity index (χ2v) is 12.7. The molecule has 4 aliphatic rings. The molecule has 46 heavy (non-hydrogen) atoms. The van der Waals surface area contributed by atoms with Gasteiger partial charge >= 0.3 is 5.97 Å². The van der Waals surface area contributed by atoms with Gasteiger partial charge in [-0.2, -0.15) is 0 Å². The summed E-state index contributed by atoms with van der Waals surface area (Å²) in [7, 11) is 0. The molecule has 2 fully saturated rings. The molecule has 2 aromatic rings. The fourth-order valence-electron chi connectivity index (χ4n) is 7.41. The largest absolute Gasteiger partial charge is 0.455 e. The van der Waals surface area contributed by atoms with E-state index >= 15 is 0 Å². The summed E-state index contributed by atoms with van der Waals surface area (Å²) in [4.78, 5) is 59.4. The van der Waals surface area contributed by atoms with E-state index in [1.165, 1.54) is 4.90 Å². The smallest absolute Gasteiger partial charge is 0.313 e. The summed E-state index contributed by atoms with van der Waals surface area (Å²) in [5, 5.41) is 12.7. The lowest BCUT2D eigenvalue weighted by molar-refractivity contribution is -0.161. The number of hydrogen-bond acceptors (Lipinski definition) is 7. The number of nitrogens with zero attached hydrogens (tertiary/aromatic N) is 2. The molecule has 0 bridgehead atoms. The predicted octanol–water partition coefficient (Wildman–Crippen LogP) is 3.31. The van der Waals surface area contributed by atoms with Crippen molar-refractivity contribution in [2.45, 2.75) is 69.9 Å². The van der Waals surface area contributed by atoms with Crippen LogP contribution >= 0.6 is 0 Å². The summed E-state index contributed by atoms with van der Waals surface area (Å²) in [5.74, 6) is -3.60. The van der Waals surface area contributed by atoms with Gasteiger partial charge in [-0.15, -0.1) is 0 Å². The lowest BCUT2D eigenvalue weighted by Crippen LogP contribution is -2.55. The third-order valence-corrected chi connectivity index (χ3v) is 9.56. The Morgan fingerprint density at radius 2 is 1.80 bits per heavy atom. The molecule has 1 spiro atoms. The number of nitrogens with one attached hydrogen (secondary N) is 1. The first-order chi connectivity index (χ1) is 22.2. The lowest BCUT2D eigenvalue weighted by atomic mass is 9.77. The molecular formula is C36H41N3O7. The minimum absolute atomic E-state index is 0.125. The van der Waals surface area contributed by atoms with Gasteiger partial charge in [0.15, 0.2) is 0 Å². The normalized spacial score (nSPS) is 32.0. The third-order valence-electron chi connectivity index (χ3n) is 9.56. The number of amides is 3. The average molecular weight is 628 g/mol. The zero-order valence-corrected chi connectivity index (χ0v) is 26.4. The molecular weight excluding hydrogens is 586 g/mol. The van der Waals surface area contributed by atoms with Crippen LogP contribution in [0.15, 0.2) is 72.8 Å². The van der Waals surface area contributed by atoms with Gasteiger partial charge in [-0.1, -0.05) is 66.8 Å². The first kappa shape index (κ1) is 31.7. The van der Waals surface area contributed by atoms with Gasteiger partial charge in [-0.05, 0) is 56.4 Å². The van der Waals surface area contributed by atoms with Crippen molar-refractivity contribution in [3.63, 3.8) is 0 Å². The first-order valence-corrected chi connectivity index (χ1v) is 16.0. The van der Waals surface area contributed by atoms with Gasteiger partial charge in [0.2, 0.25) is 11.8 Å². The highest BCUT2D eigenvalue weighted by Crippen LogP contribution is 2.53. The zero-order chi connectivity index (χ0) is 32.6. The maximum absolute atomic E-state index is 14.7. The molecule has 0 unspecified atom stereocenters. The van der Waals surface area contributed by atoms with Crippen molar-refractivity contribution in [1.82, 2.24) is 10.2 Å². The van der Waals surface area contributed by atoms with Crippen molar-refractivity contribution >= 4 is 29.4 Å². The molecule has 10 nitrogen and oxygen atoms in total. The van der Waals surface area contributed by atoms with Crippen LogP contribution in [0.3, 0.4) is 0 Å². The topological polar surface area (TPSA) is 125 Å². The number of ether oxygens (including phenoxy) is 2. The van der Waals surface area contributed by atoms with Gasteiger partial charge < -0.3 is 29.7 Å². The van der Waals surface area contributed by atoms with E-state index in [2.05, 4.69) is 5.32 Å². The summed E-state index contributed by atoms with van der Waals surface area (Å²) in [5.41, 5.74) is 1.90. The van der Waals surface area contributed by atoms with E-state index in [9.17, 15) is 24.3 Å². The van der Waals surface area contributed by atoms with Crippen LogP contribution in [0.2, 0.25) is 0 Å². The Bertz CT molecular complexity index is 1570. The van der Waals surface area contributed by atoms with Crippen molar-refractivity contribution in [3.8, 4) is 0 Å². The predicted molar refractivity (Wildman–Crippen MR) is 170 cm³/mol. The molecule has 2 N–H and O–H groups in total. The van der Waals surface area contributed by atoms with Crippen LogP contribution < -0.4 is 10.2 Å². The maximum atomic E-state index is 14.7. The molecule has 10 heteroatoms. The Kier molecular flexibility index (Phi) is 8.85. The second kappa shape index (κ2) is 12.8. The Morgan fingerprint density at radius 3 is 2.57 bits per heavy atom. The zero-order valence-electron chi connectivity index (χ0n) is 26.4. The van der Waals surface area contributed by atoms with Crippen LogP contribution in [-0.4, -0.2) is 77.2 Å². The van der Waals surface area contributed by atoms with Crippen molar-refractivity contribution in [2.24, 2.45) is 11.8 Å². The Labute approximate surface area is 269 Å². The molecule has 0 radical (unpaired) electrons. The third kappa shape index (κ3) is 5.54. The van der Waals surface area contributed by atoms with Gasteiger partial charge in [-0.25, -0.2) is 0 Å². The van der Waals surface area contributed by atoms with Crippen molar-refractivity contribution in [3.05, 3.63) is 89.5 Å². The number of fused-ring (bicyclic) bond motifs is 2. The highest BCUT2D eigenvalue weighted by atomic mass is 16.6. The van der Waals surface area contributed by atoms with Crippen LogP contribution in [-0.2, 0) is 28.7 Å². The molecule has 2 saturated heterocycles. The summed E-state index contributed by atoms with van der Waals surface area (Å²) >= 11 is 0. The van der Waals surface area contributed by atoms with Gasteiger partial charge in [0.25, 0.3) is 5.91 Å². The number of benzene rings is 2. The minimum atomic E-state index is -1.45. The number of esters is 1. The van der Waals surface area contributed by atoms with Crippen LogP contribution in [0, 0.1) is 25.7 Å². The summed E-state index contributed by atoms with van der Waals surface area (Å²) in [6.07, 6.45) is 6.35. The van der Waals surface area contributed by atoms with Gasteiger partial charge in [0, 0.05) is 31.8 Å². The summed E-state index contributed by atoms with van der Waals surface area (Å²) in [6, 6.07) is 13.5. The van der Waals surface area contributed by atoms with E-state index in [1.807, 2.05) is 68.5 Å². The minimum Gasteiger partial charge on any atom is -0.455 e. The van der Waals surface area contributed by atoms with E-state index in [-0.39, 0.29) is 50.3 Å². The van der Waals surface area contributed by atoms with Gasteiger partial charge in [-0.3, -0.25) is 19.2 Å². The molecule has 4 aliphatic heterocycles. The molecule has 6 rings (SSSR count). The number of aliphatic hydroxyl groups excluding tert-OH is 1. The van der Waals surface area contributed by atoms with Crippen LogP contribution in [0.4, 0.5) is 5.69 Å². The number of likely N-dealkylation sites (tertiary alicyclic amines) is 1. The van der Waals surface area contributed by atoms with E-state index in [0.717, 1.165) is 16.8 Å². The van der Waals surface area contributed by atoms with E-state index < -0.39 is 47.7 Å². The van der Waals surface area contributed by atoms with Gasteiger partial charge in [0.05, 0.1) is 18.1 Å². The summed E-state index contributed by atoms with van der Waals surface area (Å²) < 4.78 is 13.0. The quantitative estimate of drug-likeness (QED) is 0.385. The number of anilines is 1. The molecule has 3 amide bonds. The Balaban J connectivity index is 1.44. The Morgan fingerprint density at radius 1 is 1.02 bits per heavy atom. The second-order valence-electron chi connectivity index (χ2n) is 12.7. The molecule has 0 aromatic heterocycles. The molecule has 0 saturated carbocycles. The number of cyclic esters (lactones) is 1. The van der Waals surface area contributed by atoms with E-state index in [0.29, 0.717) is 12.0 Å². The average Bonchev–Trinajstić information content (AvgIpc) is 3.42. The highest BCUT2D eigenvalue weighted by Gasteiger charge is 2.71. The molecule has 0 aliphatic carbocycles. The van der Waals surface area contributed by atoms with Gasteiger partial charge in [0.1, 0.15) is 23.7 Å². The SMILES string of the molecule is Cc1ccc(C)c(N2CC=C[C@@]34O[C@H]5/C=C\CCC(=O)N[C@@H](C)[C@H](c6ccccc6)OC(=O)[C@H]5[C@@H]3C(=O)N(CCCO)[C@H]4C2=O)c1. The number of rotatable bonds is 5. The van der Waals surface area contributed by atoms with Crippen molar-refractivity contribution < 1.29 is 33.8 Å². The van der Waals surface area contributed by atoms with Crippen molar-refractivity contribution in [2.75, 3.05) is 24.6 Å². The fraction of sp³-hybridized carbons (Fsp3) is 0.444. The van der Waals surface area contributed by atoms with Crippen LogP contribution in [0.1, 0.15) is 49.0 Å². The number of aryl methyl sites for hydroxylation is 2. The number of aliphatic hydroxyl groups is 1.